The van der Waals surface area contributed by atoms with Crippen molar-refractivity contribution in [1.82, 2.24) is 10.6 Å². The molecule has 0 fully saturated rings. The second-order valence-corrected chi connectivity index (χ2v) is 7.52. The molecule has 0 radical (unpaired) electrons. The normalized spacial score (nSPS) is 13.3. The van der Waals surface area contributed by atoms with Crippen LogP contribution in [0.15, 0.2) is 54.6 Å². The molecular formula is C24H30N2O6. The van der Waals surface area contributed by atoms with Crippen LogP contribution in [0.4, 0.5) is 4.79 Å². The molecular weight excluding hydrogens is 412 g/mol. The highest BCUT2D eigenvalue weighted by atomic mass is 16.5. The van der Waals surface area contributed by atoms with Crippen molar-refractivity contribution >= 4 is 18.0 Å². The first kappa shape index (κ1) is 24.7. The number of alkyl carbamates (subject to hydrolysis) is 1. The molecule has 0 bridgehead atoms. The van der Waals surface area contributed by atoms with Crippen molar-refractivity contribution < 1.29 is 29.0 Å². The van der Waals surface area contributed by atoms with Crippen LogP contribution >= 0.6 is 0 Å². The van der Waals surface area contributed by atoms with Gasteiger partial charge in [0, 0.05) is 6.42 Å². The summed E-state index contributed by atoms with van der Waals surface area (Å²) in [6, 6.07) is 13.7. The summed E-state index contributed by atoms with van der Waals surface area (Å²) in [5, 5.41) is 14.7. The molecule has 0 heterocycles. The van der Waals surface area contributed by atoms with Gasteiger partial charge in [-0.1, -0.05) is 62.7 Å². The molecule has 0 spiro atoms. The summed E-state index contributed by atoms with van der Waals surface area (Å²) < 4.78 is 10.1. The van der Waals surface area contributed by atoms with Gasteiger partial charge in [-0.2, -0.15) is 0 Å². The van der Waals surface area contributed by atoms with Gasteiger partial charge in [0.25, 0.3) is 0 Å². The Morgan fingerprint density at radius 2 is 1.62 bits per heavy atom. The third-order valence-corrected chi connectivity index (χ3v) is 5.16. The number of ether oxygens (including phenoxy) is 2. The highest BCUT2D eigenvalue weighted by molar-refractivity contribution is 5.90. The summed E-state index contributed by atoms with van der Waals surface area (Å²) in [6.07, 6.45) is 0.0740. The predicted molar refractivity (Wildman–Crippen MR) is 119 cm³/mol. The van der Waals surface area contributed by atoms with Gasteiger partial charge in [0.2, 0.25) is 5.91 Å². The van der Waals surface area contributed by atoms with Crippen molar-refractivity contribution in [3.8, 4) is 5.75 Å². The molecule has 2 rings (SSSR count). The van der Waals surface area contributed by atoms with Crippen LogP contribution < -0.4 is 10.6 Å². The van der Waals surface area contributed by atoms with Gasteiger partial charge in [0.15, 0.2) is 0 Å². The quantitative estimate of drug-likeness (QED) is 0.488. The smallest absolute Gasteiger partial charge is 0.408 e. The van der Waals surface area contributed by atoms with Gasteiger partial charge in [-0.05, 0) is 29.2 Å². The van der Waals surface area contributed by atoms with Crippen molar-refractivity contribution in [3.63, 3.8) is 0 Å². The lowest BCUT2D eigenvalue weighted by molar-refractivity contribution is -0.145. The number of amides is 2. The van der Waals surface area contributed by atoms with Gasteiger partial charge >= 0.3 is 12.1 Å². The number of phenolic OH excluding ortho intramolecular Hbond substituents is 1. The molecule has 0 aliphatic carbocycles. The van der Waals surface area contributed by atoms with E-state index >= 15 is 0 Å². The first-order valence-corrected chi connectivity index (χ1v) is 10.5. The number of benzene rings is 2. The van der Waals surface area contributed by atoms with Gasteiger partial charge in [0.1, 0.15) is 24.4 Å². The Morgan fingerprint density at radius 1 is 0.969 bits per heavy atom. The van der Waals surface area contributed by atoms with E-state index in [1.54, 1.807) is 12.1 Å². The van der Waals surface area contributed by atoms with Crippen molar-refractivity contribution in [2.24, 2.45) is 5.92 Å². The summed E-state index contributed by atoms with van der Waals surface area (Å²) in [5.74, 6) is -1.22. The fraction of sp³-hybridized carbons (Fsp3) is 0.375. The molecule has 32 heavy (non-hydrogen) atoms. The molecule has 0 aliphatic rings. The fourth-order valence-corrected chi connectivity index (χ4v) is 3.06. The van der Waals surface area contributed by atoms with Crippen LogP contribution in [0.3, 0.4) is 0 Å². The number of carbonyl (C=O) groups excluding carboxylic acids is 3. The van der Waals surface area contributed by atoms with Gasteiger partial charge in [-0.25, -0.2) is 9.59 Å². The number of methoxy groups -OCH3 is 1. The molecule has 2 amide bonds. The van der Waals surface area contributed by atoms with E-state index in [1.165, 1.54) is 19.2 Å². The third kappa shape index (κ3) is 7.61. The fourth-order valence-electron chi connectivity index (χ4n) is 3.06. The van der Waals surface area contributed by atoms with E-state index in [0.717, 1.165) is 11.1 Å². The molecule has 0 saturated carbocycles. The number of carbonyl (C=O) groups is 3. The van der Waals surface area contributed by atoms with Crippen LogP contribution in [-0.4, -0.2) is 42.3 Å². The minimum Gasteiger partial charge on any atom is -0.508 e. The van der Waals surface area contributed by atoms with Crippen molar-refractivity contribution in [1.29, 1.82) is 0 Å². The standard InChI is InChI=1S/C24H30N2O6/c1-4-16(2)21(26-24(30)32-15-18-8-6-5-7-9-18)22(28)25-20(23(29)31-3)14-17-10-12-19(27)13-11-17/h5-13,16,20-21,27H,4,14-15H2,1-3H3,(H,25,28)(H,26,30)/t16-,20+,21-/m1/s1. The molecule has 2 aromatic rings. The topological polar surface area (TPSA) is 114 Å². The number of hydrogen-bond donors (Lipinski definition) is 3. The number of aromatic hydroxyl groups is 1. The first-order chi connectivity index (χ1) is 15.3. The zero-order valence-corrected chi connectivity index (χ0v) is 18.5. The predicted octanol–water partition coefficient (Wildman–Crippen LogP) is 2.93. The SMILES string of the molecule is CC[C@@H](C)[C@@H](NC(=O)OCc1ccccc1)C(=O)N[C@@H](Cc1ccc(O)cc1)C(=O)OC. The second kappa shape index (κ2) is 12.3. The highest BCUT2D eigenvalue weighted by Gasteiger charge is 2.30. The Hall–Kier alpha value is -3.55. The van der Waals surface area contributed by atoms with Crippen LogP contribution in [0.5, 0.6) is 5.75 Å². The van der Waals surface area contributed by atoms with E-state index in [2.05, 4.69) is 10.6 Å². The summed E-state index contributed by atoms with van der Waals surface area (Å²) in [5.41, 5.74) is 1.56. The Labute approximate surface area is 187 Å². The Balaban J connectivity index is 2.05. The number of esters is 1. The van der Waals surface area contributed by atoms with E-state index in [1.807, 2.05) is 44.2 Å². The van der Waals surface area contributed by atoms with E-state index in [-0.39, 0.29) is 24.7 Å². The van der Waals surface area contributed by atoms with Crippen LogP contribution in [0.2, 0.25) is 0 Å². The van der Waals surface area contributed by atoms with Crippen molar-refractivity contribution in [2.45, 2.75) is 45.4 Å². The third-order valence-electron chi connectivity index (χ3n) is 5.16. The number of nitrogens with one attached hydrogen (secondary N) is 2. The van der Waals surface area contributed by atoms with Gasteiger partial charge in [0.05, 0.1) is 7.11 Å². The monoisotopic (exact) mass is 442 g/mol. The maximum atomic E-state index is 13.0. The molecule has 0 unspecified atom stereocenters. The zero-order chi connectivity index (χ0) is 23.5. The highest BCUT2D eigenvalue weighted by Crippen LogP contribution is 2.13. The Bertz CT molecular complexity index is 885. The summed E-state index contributed by atoms with van der Waals surface area (Å²) in [6.45, 7) is 3.80. The molecule has 0 aliphatic heterocycles. The van der Waals surface area contributed by atoms with E-state index in [4.69, 9.17) is 9.47 Å². The number of phenols is 1. The largest absolute Gasteiger partial charge is 0.508 e. The number of hydrogen-bond acceptors (Lipinski definition) is 6. The molecule has 8 heteroatoms. The zero-order valence-electron chi connectivity index (χ0n) is 18.5. The Morgan fingerprint density at radius 3 is 2.22 bits per heavy atom. The van der Waals surface area contributed by atoms with Crippen LogP contribution in [-0.2, 0) is 32.1 Å². The van der Waals surface area contributed by atoms with Crippen molar-refractivity contribution in [2.75, 3.05) is 7.11 Å². The lowest BCUT2D eigenvalue weighted by Gasteiger charge is -2.25. The number of rotatable bonds is 10. The molecule has 0 saturated heterocycles. The molecule has 2 aromatic carbocycles. The molecule has 8 nitrogen and oxygen atoms in total. The summed E-state index contributed by atoms with van der Waals surface area (Å²) >= 11 is 0. The lowest BCUT2D eigenvalue weighted by Crippen LogP contribution is -2.54. The van der Waals surface area contributed by atoms with Gasteiger partial charge in [-0.3, -0.25) is 4.79 Å². The van der Waals surface area contributed by atoms with Crippen LogP contribution in [0.25, 0.3) is 0 Å². The molecule has 3 atom stereocenters. The second-order valence-electron chi connectivity index (χ2n) is 7.52. The molecule has 3 N–H and O–H groups in total. The molecule has 172 valence electrons. The average molecular weight is 443 g/mol. The van der Waals surface area contributed by atoms with Crippen LogP contribution in [0.1, 0.15) is 31.4 Å². The van der Waals surface area contributed by atoms with Gasteiger partial charge in [-0.15, -0.1) is 0 Å². The Kier molecular flexibility index (Phi) is 9.53. The molecule has 0 aromatic heterocycles. The van der Waals surface area contributed by atoms with E-state index < -0.39 is 30.1 Å². The average Bonchev–Trinajstić information content (AvgIpc) is 2.81. The maximum absolute atomic E-state index is 13.0. The lowest BCUT2D eigenvalue weighted by atomic mass is 9.97. The van der Waals surface area contributed by atoms with Gasteiger partial charge < -0.3 is 25.2 Å². The summed E-state index contributed by atoms with van der Waals surface area (Å²) in [4.78, 5) is 37.6. The first-order valence-electron chi connectivity index (χ1n) is 10.5. The van der Waals surface area contributed by atoms with E-state index in [9.17, 15) is 19.5 Å². The maximum Gasteiger partial charge on any atom is 0.408 e. The summed E-state index contributed by atoms with van der Waals surface area (Å²) in [7, 11) is 1.24. The van der Waals surface area contributed by atoms with E-state index in [0.29, 0.717) is 6.42 Å². The van der Waals surface area contributed by atoms with Crippen LogP contribution in [0, 0.1) is 5.92 Å². The minimum atomic E-state index is -0.953. The minimum absolute atomic E-state index is 0.0765. The van der Waals surface area contributed by atoms with Crippen molar-refractivity contribution in [3.05, 3.63) is 65.7 Å².